The van der Waals surface area contributed by atoms with Crippen molar-refractivity contribution < 1.29 is 14.3 Å². The van der Waals surface area contributed by atoms with Crippen LogP contribution < -0.4 is 0 Å². The standard InChI is InChI=1S/C14H20O3/c1-10-9-13(14(16)17-3)8-7-12(10)6-4-5-11(2)15/h4-5,12-13H,1,6-9H2,2-3H3/b5-4+/t12-,13+/m0/s1. The first-order chi connectivity index (χ1) is 8.04. The van der Waals surface area contributed by atoms with Gasteiger partial charge in [-0.1, -0.05) is 18.2 Å². The fraction of sp³-hybridized carbons (Fsp3) is 0.571. The van der Waals surface area contributed by atoms with E-state index in [1.54, 1.807) is 13.0 Å². The van der Waals surface area contributed by atoms with E-state index in [0.717, 1.165) is 24.8 Å². The summed E-state index contributed by atoms with van der Waals surface area (Å²) in [7, 11) is 1.42. The monoisotopic (exact) mass is 236 g/mol. The van der Waals surface area contributed by atoms with Crippen LogP contribution in [0, 0.1) is 11.8 Å². The molecule has 0 aromatic rings. The zero-order valence-corrected chi connectivity index (χ0v) is 10.6. The average Bonchev–Trinajstić information content (AvgIpc) is 2.29. The highest BCUT2D eigenvalue weighted by atomic mass is 16.5. The van der Waals surface area contributed by atoms with E-state index in [9.17, 15) is 9.59 Å². The molecule has 1 aliphatic carbocycles. The zero-order chi connectivity index (χ0) is 12.8. The number of methoxy groups -OCH3 is 1. The lowest BCUT2D eigenvalue weighted by atomic mass is 9.77. The van der Waals surface area contributed by atoms with Crippen LogP contribution in [0.15, 0.2) is 24.3 Å². The summed E-state index contributed by atoms with van der Waals surface area (Å²) in [4.78, 5) is 22.2. The fourth-order valence-electron chi connectivity index (χ4n) is 2.24. The number of ether oxygens (including phenoxy) is 1. The van der Waals surface area contributed by atoms with Gasteiger partial charge < -0.3 is 4.74 Å². The predicted octanol–water partition coefficient (Wildman–Crippen LogP) is 2.67. The summed E-state index contributed by atoms with van der Waals surface area (Å²) in [5.41, 5.74) is 1.10. The second-order valence-corrected chi connectivity index (χ2v) is 4.61. The summed E-state index contributed by atoms with van der Waals surface area (Å²) in [6, 6.07) is 0. The Morgan fingerprint density at radius 3 is 2.71 bits per heavy atom. The lowest BCUT2D eigenvalue weighted by Gasteiger charge is -2.28. The van der Waals surface area contributed by atoms with E-state index in [1.165, 1.54) is 7.11 Å². The Balaban J connectivity index is 2.45. The molecule has 17 heavy (non-hydrogen) atoms. The van der Waals surface area contributed by atoms with Crippen molar-refractivity contribution in [3.63, 3.8) is 0 Å². The number of hydrogen-bond acceptors (Lipinski definition) is 3. The molecule has 94 valence electrons. The second-order valence-electron chi connectivity index (χ2n) is 4.61. The van der Waals surface area contributed by atoms with E-state index in [1.807, 2.05) is 6.08 Å². The first kappa shape index (κ1) is 13.7. The van der Waals surface area contributed by atoms with Crippen molar-refractivity contribution in [1.29, 1.82) is 0 Å². The molecule has 0 heterocycles. The SMILES string of the molecule is C=C1C[C@H](C(=O)OC)CC[C@@H]1C/C=C/C(C)=O. The molecule has 0 bridgehead atoms. The van der Waals surface area contributed by atoms with Crippen LogP contribution in [0.1, 0.15) is 32.6 Å². The van der Waals surface area contributed by atoms with Crippen LogP contribution in [0.25, 0.3) is 0 Å². The molecule has 0 N–H and O–H groups in total. The van der Waals surface area contributed by atoms with Gasteiger partial charge in [-0.15, -0.1) is 0 Å². The molecular formula is C14H20O3. The molecule has 0 amide bonds. The molecule has 1 rings (SSSR count). The summed E-state index contributed by atoms with van der Waals surface area (Å²) in [5.74, 6) is 0.301. The molecule has 0 aromatic heterocycles. The van der Waals surface area contributed by atoms with Gasteiger partial charge in [0.2, 0.25) is 0 Å². The van der Waals surface area contributed by atoms with Gasteiger partial charge in [0.15, 0.2) is 5.78 Å². The quantitative estimate of drug-likeness (QED) is 0.428. The van der Waals surface area contributed by atoms with Crippen molar-refractivity contribution in [2.24, 2.45) is 11.8 Å². The minimum Gasteiger partial charge on any atom is -0.469 e. The van der Waals surface area contributed by atoms with E-state index < -0.39 is 0 Å². The highest BCUT2D eigenvalue weighted by Gasteiger charge is 2.28. The normalized spacial score (nSPS) is 24.9. The maximum absolute atomic E-state index is 11.4. The van der Waals surface area contributed by atoms with Crippen LogP contribution >= 0.6 is 0 Å². The molecule has 0 aromatic carbocycles. The van der Waals surface area contributed by atoms with Gasteiger partial charge in [0.25, 0.3) is 0 Å². The molecule has 2 atom stereocenters. The van der Waals surface area contributed by atoms with Gasteiger partial charge in [0.05, 0.1) is 13.0 Å². The van der Waals surface area contributed by atoms with Crippen molar-refractivity contribution in [1.82, 2.24) is 0 Å². The second kappa shape index (κ2) is 6.38. The number of hydrogen-bond donors (Lipinski definition) is 0. The number of carbonyl (C=O) groups is 2. The van der Waals surface area contributed by atoms with Gasteiger partial charge in [0.1, 0.15) is 0 Å². The Morgan fingerprint density at radius 1 is 1.47 bits per heavy atom. The Kier molecular flexibility index (Phi) is 5.13. The van der Waals surface area contributed by atoms with Gasteiger partial charge in [-0.05, 0) is 44.6 Å². The topological polar surface area (TPSA) is 43.4 Å². The van der Waals surface area contributed by atoms with Crippen LogP contribution in [0.4, 0.5) is 0 Å². The maximum atomic E-state index is 11.4. The number of allylic oxidation sites excluding steroid dienone is 3. The van der Waals surface area contributed by atoms with E-state index >= 15 is 0 Å². The third-order valence-corrected chi connectivity index (χ3v) is 3.26. The van der Waals surface area contributed by atoms with E-state index in [2.05, 4.69) is 6.58 Å². The summed E-state index contributed by atoms with van der Waals surface area (Å²) in [6.45, 7) is 5.57. The summed E-state index contributed by atoms with van der Waals surface area (Å²) >= 11 is 0. The molecule has 1 saturated carbocycles. The van der Waals surface area contributed by atoms with Crippen molar-refractivity contribution in [3.8, 4) is 0 Å². The minimum absolute atomic E-state index is 0.0273. The smallest absolute Gasteiger partial charge is 0.308 e. The molecule has 0 radical (unpaired) electrons. The Morgan fingerprint density at radius 2 is 2.18 bits per heavy atom. The highest BCUT2D eigenvalue weighted by Crippen LogP contribution is 2.35. The van der Waals surface area contributed by atoms with Gasteiger partial charge in [-0.2, -0.15) is 0 Å². The van der Waals surface area contributed by atoms with Crippen LogP contribution in [-0.2, 0) is 14.3 Å². The summed E-state index contributed by atoms with van der Waals surface area (Å²) in [6.07, 6.45) is 6.85. The third-order valence-electron chi connectivity index (χ3n) is 3.26. The summed E-state index contributed by atoms with van der Waals surface area (Å²) < 4.78 is 4.75. The molecule has 0 spiro atoms. The fourth-order valence-corrected chi connectivity index (χ4v) is 2.24. The van der Waals surface area contributed by atoms with Crippen LogP contribution in [0.2, 0.25) is 0 Å². The maximum Gasteiger partial charge on any atom is 0.308 e. The zero-order valence-electron chi connectivity index (χ0n) is 10.6. The minimum atomic E-state index is -0.135. The van der Waals surface area contributed by atoms with Gasteiger partial charge >= 0.3 is 5.97 Å². The Bertz CT molecular complexity index is 341. The molecule has 0 unspecified atom stereocenters. The van der Waals surface area contributed by atoms with Crippen LogP contribution in [0.5, 0.6) is 0 Å². The number of ketones is 1. The first-order valence-corrected chi connectivity index (χ1v) is 5.97. The van der Waals surface area contributed by atoms with E-state index in [-0.39, 0.29) is 17.7 Å². The van der Waals surface area contributed by atoms with Crippen molar-refractivity contribution >= 4 is 11.8 Å². The Labute approximate surface area is 103 Å². The highest BCUT2D eigenvalue weighted by molar-refractivity contribution is 5.87. The summed E-state index contributed by atoms with van der Waals surface area (Å²) in [5, 5.41) is 0. The van der Waals surface area contributed by atoms with E-state index in [4.69, 9.17) is 4.74 Å². The van der Waals surface area contributed by atoms with Gasteiger partial charge in [-0.3, -0.25) is 9.59 Å². The number of esters is 1. The lowest BCUT2D eigenvalue weighted by Crippen LogP contribution is -2.24. The molecular weight excluding hydrogens is 216 g/mol. The van der Waals surface area contributed by atoms with E-state index in [0.29, 0.717) is 12.3 Å². The number of rotatable bonds is 4. The molecule has 1 aliphatic rings. The number of carbonyl (C=O) groups excluding carboxylic acids is 2. The largest absolute Gasteiger partial charge is 0.469 e. The predicted molar refractivity (Wildman–Crippen MR) is 66.4 cm³/mol. The van der Waals surface area contributed by atoms with Gasteiger partial charge in [-0.25, -0.2) is 0 Å². The molecule has 1 fully saturated rings. The molecule has 0 aliphatic heterocycles. The third kappa shape index (κ3) is 4.17. The van der Waals surface area contributed by atoms with Crippen molar-refractivity contribution in [3.05, 3.63) is 24.3 Å². The van der Waals surface area contributed by atoms with Crippen LogP contribution in [0.3, 0.4) is 0 Å². The van der Waals surface area contributed by atoms with Gasteiger partial charge in [0, 0.05) is 0 Å². The molecule has 3 nitrogen and oxygen atoms in total. The average molecular weight is 236 g/mol. The molecule has 0 saturated heterocycles. The van der Waals surface area contributed by atoms with Crippen molar-refractivity contribution in [2.45, 2.75) is 32.6 Å². The Hall–Kier alpha value is -1.38. The molecule has 3 heteroatoms. The van der Waals surface area contributed by atoms with Crippen LogP contribution in [-0.4, -0.2) is 18.9 Å². The lowest BCUT2D eigenvalue weighted by molar-refractivity contribution is -0.146. The van der Waals surface area contributed by atoms with Crippen molar-refractivity contribution in [2.75, 3.05) is 7.11 Å². The first-order valence-electron chi connectivity index (χ1n) is 5.97.